The Bertz CT molecular complexity index is 851. The number of carboxylic acids is 1. The van der Waals surface area contributed by atoms with E-state index in [9.17, 15) is 14.4 Å². The SMILES string of the molecule is CCCN1C(=O)C2=NC(c3ccccc3)=NC2(OCC(=O)O)N(CCC)C1=O. The van der Waals surface area contributed by atoms with Crippen molar-refractivity contribution in [2.24, 2.45) is 9.98 Å². The quantitative estimate of drug-likeness (QED) is 0.731. The highest BCUT2D eigenvalue weighted by Gasteiger charge is 2.58. The van der Waals surface area contributed by atoms with Crippen molar-refractivity contribution in [3.8, 4) is 0 Å². The lowest BCUT2D eigenvalue weighted by Gasteiger charge is -2.44. The zero-order valence-electron chi connectivity index (χ0n) is 15.8. The number of aliphatic carboxylic acids is 1. The number of fused-ring (bicyclic) bond motifs is 1. The minimum absolute atomic E-state index is 0.0888. The minimum Gasteiger partial charge on any atom is -0.480 e. The third-order valence-corrected chi connectivity index (χ3v) is 4.38. The maximum atomic E-state index is 13.0. The van der Waals surface area contributed by atoms with Gasteiger partial charge in [-0.05, 0) is 12.8 Å². The molecule has 1 aromatic rings. The molecule has 2 aliphatic rings. The standard InChI is InChI=1S/C19H22N4O5/c1-3-10-22-17(26)15-19(28-12-14(24)25,23(11-4-2)18(22)27)21-16(20-15)13-8-6-5-7-9-13/h5-9H,3-4,10-12H2,1-2H3,(H,24,25). The topological polar surface area (TPSA) is 112 Å². The van der Waals surface area contributed by atoms with Crippen LogP contribution in [0.4, 0.5) is 4.79 Å². The Morgan fingerprint density at radius 1 is 1.14 bits per heavy atom. The van der Waals surface area contributed by atoms with Gasteiger partial charge in [0.25, 0.3) is 11.8 Å². The van der Waals surface area contributed by atoms with Crippen LogP contribution in [0.1, 0.15) is 32.3 Å². The Morgan fingerprint density at radius 3 is 2.43 bits per heavy atom. The van der Waals surface area contributed by atoms with E-state index in [0.29, 0.717) is 18.4 Å². The van der Waals surface area contributed by atoms with Crippen LogP contribution in [0.2, 0.25) is 0 Å². The molecule has 1 aromatic carbocycles. The fraction of sp³-hybridized carbons (Fsp3) is 0.421. The van der Waals surface area contributed by atoms with Gasteiger partial charge in [0.2, 0.25) is 0 Å². The van der Waals surface area contributed by atoms with Crippen LogP contribution in [0.15, 0.2) is 40.3 Å². The van der Waals surface area contributed by atoms with Gasteiger partial charge in [0.1, 0.15) is 6.61 Å². The van der Waals surface area contributed by atoms with Gasteiger partial charge in [-0.3, -0.25) is 14.6 Å². The molecule has 0 spiro atoms. The van der Waals surface area contributed by atoms with Crippen LogP contribution in [0, 0.1) is 0 Å². The molecule has 0 aliphatic carbocycles. The summed E-state index contributed by atoms with van der Waals surface area (Å²) < 4.78 is 5.58. The van der Waals surface area contributed by atoms with Crippen LogP contribution in [0.3, 0.4) is 0 Å². The molecule has 1 fully saturated rings. The van der Waals surface area contributed by atoms with Crippen molar-refractivity contribution in [3.05, 3.63) is 35.9 Å². The summed E-state index contributed by atoms with van der Waals surface area (Å²) in [5.74, 6) is -3.48. The summed E-state index contributed by atoms with van der Waals surface area (Å²) in [7, 11) is 0. The summed E-state index contributed by atoms with van der Waals surface area (Å²) in [6.45, 7) is 3.46. The summed E-state index contributed by atoms with van der Waals surface area (Å²) in [6, 6.07) is 8.40. The normalized spacial score (nSPS) is 21.5. The van der Waals surface area contributed by atoms with Crippen LogP contribution in [0.25, 0.3) is 0 Å². The lowest BCUT2D eigenvalue weighted by molar-refractivity contribution is -0.157. The molecule has 9 nitrogen and oxygen atoms in total. The first-order valence-electron chi connectivity index (χ1n) is 9.18. The number of aliphatic imine (C=N–C) groups is 2. The number of ether oxygens (including phenoxy) is 1. The molecule has 0 bridgehead atoms. The first-order valence-corrected chi connectivity index (χ1v) is 9.18. The van der Waals surface area contributed by atoms with Crippen molar-refractivity contribution >= 4 is 29.5 Å². The van der Waals surface area contributed by atoms with E-state index in [4.69, 9.17) is 9.84 Å². The van der Waals surface area contributed by atoms with Gasteiger partial charge in [0.15, 0.2) is 11.5 Å². The van der Waals surface area contributed by atoms with Crippen molar-refractivity contribution in [1.82, 2.24) is 9.80 Å². The molecule has 2 aliphatic heterocycles. The molecule has 28 heavy (non-hydrogen) atoms. The van der Waals surface area contributed by atoms with Crippen LogP contribution >= 0.6 is 0 Å². The fourth-order valence-electron chi connectivity index (χ4n) is 3.21. The number of imide groups is 1. The first kappa shape index (κ1) is 19.7. The number of amidine groups is 1. The monoisotopic (exact) mass is 386 g/mol. The van der Waals surface area contributed by atoms with Crippen LogP contribution in [-0.4, -0.2) is 69.9 Å². The predicted molar refractivity (Wildman–Crippen MR) is 101 cm³/mol. The zero-order chi connectivity index (χ0) is 20.3. The molecule has 1 saturated heterocycles. The molecular weight excluding hydrogens is 364 g/mol. The van der Waals surface area contributed by atoms with Crippen molar-refractivity contribution in [2.45, 2.75) is 32.5 Å². The van der Waals surface area contributed by atoms with E-state index in [0.717, 1.165) is 4.90 Å². The number of rotatable bonds is 8. The second-order valence-electron chi connectivity index (χ2n) is 6.44. The molecule has 0 saturated carbocycles. The highest BCUT2D eigenvalue weighted by molar-refractivity contribution is 6.48. The van der Waals surface area contributed by atoms with E-state index in [1.165, 1.54) is 4.90 Å². The Balaban J connectivity index is 2.14. The molecule has 3 rings (SSSR count). The molecule has 148 valence electrons. The van der Waals surface area contributed by atoms with Crippen LogP contribution in [-0.2, 0) is 14.3 Å². The number of benzene rings is 1. The van der Waals surface area contributed by atoms with E-state index >= 15 is 0 Å². The van der Waals surface area contributed by atoms with E-state index in [1.54, 1.807) is 24.3 Å². The van der Waals surface area contributed by atoms with E-state index < -0.39 is 30.4 Å². The summed E-state index contributed by atoms with van der Waals surface area (Å²) in [4.78, 5) is 48.5. The van der Waals surface area contributed by atoms with Crippen LogP contribution in [0.5, 0.6) is 0 Å². The summed E-state index contributed by atoms with van der Waals surface area (Å²) >= 11 is 0. The lowest BCUT2D eigenvalue weighted by atomic mass is 10.1. The number of hydrogen-bond acceptors (Lipinski definition) is 6. The van der Waals surface area contributed by atoms with Gasteiger partial charge in [0, 0.05) is 18.7 Å². The average molecular weight is 386 g/mol. The largest absolute Gasteiger partial charge is 0.480 e. The molecule has 1 atom stereocenters. The smallest absolute Gasteiger partial charge is 0.331 e. The maximum absolute atomic E-state index is 13.0. The molecule has 1 N–H and O–H groups in total. The number of carbonyl (C=O) groups excluding carboxylic acids is 2. The number of carboxylic acid groups (broad SMARTS) is 1. The third-order valence-electron chi connectivity index (χ3n) is 4.38. The highest BCUT2D eigenvalue weighted by Crippen LogP contribution is 2.34. The number of carbonyl (C=O) groups is 3. The predicted octanol–water partition coefficient (Wildman–Crippen LogP) is 1.73. The van der Waals surface area contributed by atoms with Crippen LogP contribution < -0.4 is 0 Å². The first-order chi connectivity index (χ1) is 13.4. The van der Waals surface area contributed by atoms with E-state index in [2.05, 4.69) is 9.98 Å². The minimum atomic E-state index is -1.86. The average Bonchev–Trinajstić information content (AvgIpc) is 3.09. The van der Waals surface area contributed by atoms with Gasteiger partial charge < -0.3 is 9.84 Å². The van der Waals surface area contributed by atoms with Gasteiger partial charge >= 0.3 is 12.0 Å². The van der Waals surface area contributed by atoms with Gasteiger partial charge in [0.05, 0.1) is 0 Å². The van der Waals surface area contributed by atoms with E-state index in [-0.39, 0.29) is 24.6 Å². The number of nitrogens with zero attached hydrogens (tertiary/aromatic N) is 4. The summed E-state index contributed by atoms with van der Waals surface area (Å²) in [5, 5.41) is 9.12. The molecule has 9 heteroatoms. The Labute approximate surface area is 162 Å². The molecule has 2 heterocycles. The highest BCUT2D eigenvalue weighted by atomic mass is 16.6. The lowest BCUT2D eigenvalue weighted by Crippen LogP contribution is -2.69. The molecule has 3 amide bonds. The number of hydrogen-bond donors (Lipinski definition) is 1. The molecule has 1 unspecified atom stereocenters. The van der Waals surface area contributed by atoms with Gasteiger partial charge in [-0.1, -0.05) is 44.2 Å². The second-order valence-corrected chi connectivity index (χ2v) is 6.44. The van der Waals surface area contributed by atoms with Crippen molar-refractivity contribution in [1.29, 1.82) is 0 Å². The summed E-state index contributed by atoms with van der Waals surface area (Å²) in [6.07, 6.45) is 1.15. The Hall–Kier alpha value is -3.07. The third kappa shape index (κ3) is 3.29. The molecular formula is C19H22N4O5. The van der Waals surface area contributed by atoms with Gasteiger partial charge in [-0.15, -0.1) is 0 Å². The number of amides is 3. The van der Waals surface area contributed by atoms with Crippen molar-refractivity contribution in [2.75, 3.05) is 19.7 Å². The Kier molecular flexibility index (Phi) is 5.55. The maximum Gasteiger partial charge on any atom is 0.331 e. The van der Waals surface area contributed by atoms with E-state index in [1.807, 2.05) is 19.9 Å². The second kappa shape index (κ2) is 7.89. The molecule has 0 radical (unpaired) electrons. The van der Waals surface area contributed by atoms with Gasteiger partial charge in [-0.2, -0.15) is 0 Å². The Morgan fingerprint density at radius 2 is 1.82 bits per heavy atom. The van der Waals surface area contributed by atoms with Crippen molar-refractivity contribution < 1.29 is 24.2 Å². The van der Waals surface area contributed by atoms with Crippen molar-refractivity contribution in [3.63, 3.8) is 0 Å². The fourth-order valence-corrected chi connectivity index (χ4v) is 3.21. The number of urea groups is 1. The van der Waals surface area contributed by atoms with Gasteiger partial charge in [-0.25, -0.2) is 19.6 Å². The zero-order valence-corrected chi connectivity index (χ0v) is 15.8. The summed E-state index contributed by atoms with van der Waals surface area (Å²) in [5.41, 5.74) is 0.551. The molecule has 0 aromatic heterocycles.